The van der Waals surface area contributed by atoms with Gasteiger partial charge in [-0.05, 0) is 28.1 Å². The molecule has 0 fully saturated rings. The van der Waals surface area contributed by atoms with E-state index in [1.807, 2.05) is 0 Å². The molecule has 0 spiro atoms. The molecule has 11 heavy (non-hydrogen) atoms. The van der Waals surface area contributed by atoms with Crippen LogP contribution in [0, 0.1) is 0 Å². The third-order valence-electron chi connectivity index (χ3n) is 1.24. The number of rotatable bonds is 1. The number of halogens is 1. The zero-order valence-corrected chi connectivity index (χ0v) is 7.13. The highest BCUT2D eigenvalue weighted by molar-refractivity contribution is 9.10. The van der Waals surface area contributed by atoms with Crippen molar-refractivity contribution in [3.63, 3.8) is 0 Å². The van der Waals surface area contributed by atoms with Crippen LogP contribution in [0.3, 0.4) is 0 Å². The van der Waals surface area contributed by atoms with Gasteiger partial charge in [0.2, 0.25) is 0 Å². The monoisotopic (exact) mass is 215 g/mol. The largest absolute Gasteiger partial charge is 0.506 e. The average Bonchev–Trinajstić information content (AvgIpc) is 1.96. The van der Waals surface area contributed by atoms with Crippen LogP contribution >= 0.6 is 15.9 Å². The van der Waals surface area contributed by atoms with Crippen LogP contribution in [0.5, 0.6) is 5.75 Å². The fourth-order valence-corrected chi connectivity index (χ4v) is 1.23. The Morgan fingerprint density at radius 2 is 2.18 bits per heavy atom. The number of phenols is 1. The van der Waals surface area contributed by atoms with E-state index in [0.29, 0.717) is 16.4 Å². The maximum absolute atomic E-state index is 10.3. The summed E-state index contributed by atoms with van der Waals surface area (Å²) in [7, 11) is 0. The summed E-state index contributed by atoms with van der Waals surface area (Å²) in [5, 5.41) is 9.19. The lowest BCUT2D eigenvalue weighted by Crippen LogP contribution is -1.89. The molecular weight excluding hydrogens is 210 g/mol. The van der Waals surface area contributed by atoms with Gasteiger partial charge >= 0.3 is 0 Å². The molecule has 0 heterocycles. The number of aldehydes is 1. The van der Waals surface area contributed by atoms with Gasteiger partial charge in [0, 0.05) is 5.69 Å². The minimum Gasteiger partial charge on any atom is -0.506 e. The van der Waals surface area contributed by atoms with Gasteiger partial charge in [0.05, 0.1) is 10.0 Å². The van der Waals surface area contributed by atoms with Gasteiger partial charge in [0.25, 0.3) is 0 Å². The minimum absolute atomic E-state index is 0.0748. The standard InChI is InChI=1S/C7H6BrNO2/c8-6-2-5(9)1-4(3-10)7(6)11/h1-3,11H,9H2. The average molecular weight is 216 g/mol. The molecule has 0 aliphatic carbocycles. The van der Waals surface area contributed by atoms with Gasteiger partial charge in [-0.1, -0.05) is 0 Å². The van der Waals surface area contributed by atoms with Crippen molar-refractivity contribution >= 4 is 27.9 Å². The van der Waals surface area contributed by atoms with E-state index in [2.05, 4.69) is 15.9 Å². The number of nitrogens with two attached hydrogens (primary N) is 1. The van der Waals surface area contributed by atoms with E-state index >= 15 is 0 Å². The molecule has 0 radical (unpaired) electrons. The Morgan fingerprint density at radius 1 is 1.55 bits per heavy atom. The van der Waals surface area contributed by atoms with E-state index in [-0.39, 0.29) is 11.3 Å². The number of aromatic hydroxyl groups is 1. The van der Waals surface area contributed by atoms with Crippen molar-refractivity contribution in [2.75, 3.05) is 5.73 Å². The lowest BCUT2D eigenvalue weighted by atomic mass is 10.2. The van der Waals surface area contributed by atoms with E-state index in [9.17, 15) is 9.90 Å². The quantitative estimate of drug-likeness (QED) is 0.425. The zero-order chi connectivity index (χ0) is 8.43. The van der Waals surface area contributed by atoms with E-state index < -0.39 is 0 Å². The lowest BCUT2D eigenvalue weighted by Gasteiger charge is -2.00. The van der Waals surface area contributed by atoms with Crippen molar-refractivity contribution in [3.8, 4) is 5.75 Å². The van der Waals surface area contributed by atoms with Crippen LogP contribution in [0.2, 0.25) is 0 Å². The predicted octanol–water partition coefficient (Wildman–Crippen LogP) is 1.55. The number of hydrogen-bond acceptors (Lipinski definition) is 3. The van der Waals surface area contributed by atoms with Gasteiger partial charge in [0.15, 0.2) is 6.29 Å². The first-order valence-electron chi connectivity index (χ1n) is 2.88. The molecule has 0 aliphatic rings. The molecule has 0 aliphatic heterocycles. The third-order valence-corrected chi connectivity index (χ3v) is 1.85. The van der Waals surface area contributed by atoms with Crippen molar-refractivity contribution in [3.05, 3.63) is 22.2 Å². The number of phenolic OH excluding ortho intramolecular Hbond substituents is 1. The molecule has 0 unspecified atom stereocenters. The molecule has 4 heteroatoms. The van der Waals surface area contributed by atoms with Crippen molar-refractivity contribution in [1.29, 1.82) is 0 Å². The van der Waals surface area contributed by atoms with Crippen LogP contribution in [0.4, 0.5) is 5.69 Å². The number of carbonyl (C=O) groups is 1. The molecule has 58 valence electrons. The first kappa shape index (κ1) is 8.07. The van der Waals surface area contributed by atoms with Crippen molar-refractivity contribution < 1.29 is 9.90 Å². The summed E-state index contributed by atoms with van der Waals surface area (Å²) in [6.07, 6.45) is 0.552. The van der Waals surface area contributed by atoms with Crippen LogP contribution in [-0.2, 0) is 0 Å². The Balaban J connectivity index is 3.35. The molecule has 3 nitrogen and oxygen atoms in total. The highest BCUT2D eigenvalue weighted by Gasteiger charge is 2.04. The second-order valence-electron chi connectivity index (χ2n) is 2.06. The van der Waals surface area contributed by atoms with Gasteiger partial charge in [-0.3, -0.25) is 4.79 Å². The number of nitrogen functional groups attached to an aromatic ring is 1. The van der Waals surface area contributed by atoms with Crippen molar-refractivity contribution in [2.24, 2.45) is 0 Å². The summed E-state index contributed by atoms with van der Waals surface area (Å²) in [6.45, 7) is 0. The molecule has 1 aromatic carbocycles. The summed E-state index contributed by atoms with van der Waals surface area (Å²) in [6, 6.07) is 2.94. The Hall–Kier alpha value is -1.03. The molecule has 0 aromatic heterocycles. The molecule has 0 saturated carbocycles. The van der Waals surface area contributed by atoms with E-state index in [1.54, 1.807) is 0 Å². The molecule has 0 bridgehead atoms. The predicted molar refractivity (Wildman–Crippen MR) is 45.6 cm³/mol. The smallest absolute Gasteiger partial charge is 0.153 e. The molecule has 0 amide bonds. The molecular formula is C7H6BrNO2. The Labute approximate surface area is 72.0 Å². The van der Waals surface area contributed by atoms with E-state index in [4.69, 9.17) is 5.73 Å². The van der Waals surface area contributed by atoms with E-state index in [1.165, 1.54) is 12.1 Å². The van der Waals surface area contributed by atoms with Gasteiger partial charge in [-0.25, -0.2) is 0 Å². The van der Waals surface area contributed by atoms with Crippen molar-refractivity contribution in [2.45, 2.75) is 0 Å². The summed E-state index contributed by atoms with van der Waals surface area (Å²) in [5.41, 5.74) is 6.04. The molecule has 3 N–H and O–H groups in total. The maximum Gasteiger partial charge on any atom is 0.153 e. The number of carbonyl (C=O) groups excluding carboxylic acids is 1. The summed E-state index contributed by atoms with van der Waals surface area (Å²) < 4.78 is 0.430. The topological polar surface area (TPSA) is 63.3 Å². The fourth-order valence-electron chi connectivity index (χ4n) is 0.732. The Morgan fingerprint density at radius 3 is 2.73 bits per heavy atom. The molecule has 0 saturated heterocycles. The lowest BCUT2D eigenvalue weighted by molar-refractivity contribution is 0.112. The van der Waals surface area contributed by atoms with Gasteiger partial charge in [-0.15, -0.1) is 0 Å². The normalized spacial score (nSPS) is 9.55. The number of anilines is 1. The molecule has 1 rings (SSSR count). The maximum atomic E-state index is 10.3. The summed E-state index contributed by atoms with van der Waals surface area (Å²) >= 11 is 3.05. The van der Waals surface area contributed by atoms with Crippen molar-refractivity contribution in [1.82, 2.24) is 0 Å². The van der Waals surface area contributed by atoms with Crippen LogP contribution in [0.15, 0.2) is 16.6 Å². The van der Waals surface area contributed by atoms with Crippen LogP contribution in [0.25, 0.3) is 0 Å². The first-order chi connectivity index (χ1) is 5.15. The Kier molecular flexibility index (Phi) is 2.14. The second-order valence-corrected chi connectivity index (χ2v) is 2.91. The third kappa shape index (κ3) is 1.51. The Bertz CT molecular complexity index is 299. The summed E-state index contributed by atoms with van der Waals surface area (Å²) in [5.74, 6) is -0.0748. The van der Waals surface area contributed by atoms with Crippen LogP contribution in [0.1, 0.15) is 10.4 Å². The second kappa shape index (κ2) is 2.92. The molecule has 0 atom stereocenters. The van der Waals surface area contributed by atoms with Gasteiger partial charge in [0.1, 0.15) is 5.75 Å². The van der Waals surface area contributed by atoms with E-state index in [0.717, 1.165) is 0 Å². The van der Waals surface area contributed by atoms with Crippen LogP contribution in [-0.4, -0.2) is 11.4 Å². The first-order valence-corrected chi connectivity index (χ1v) is 3.67. The highest BCUT2D eigenvalue weighted by Crippen LogP contribution is 2.29. The molecule has 1 aromatic rings. The van der Waals surface area contributed by atoms with Gasteiger partial charge in [-0.2, -0.15) is 0 Å². The zero-order valence-electron chi connectivity index (χ0n) is 5.54. The summed E-state index contributed by atoms with van der Waals surface area (Å²) in [4.78, 5) is 10.3. The minimum atomic E-state index is -0.0748. The fraction of sp³-hybridized carbons (Fsp3) is 0. The number of benzene rings is 1. The van der Waals surface area contributed by atoms with Gasteiger partial charge < -0.3 is 10.8 Å². The highest BCUT2D eigenvalue weighted by atomic mass is 79.9. The SMILES string of the molecule is Nc1cc(Br)c(O)c(C=O)c1. The number of hydrogen-bond donors (Lipinski definition) is 2. The van der Waals surface area contributed by atoms with Crippen LogP contribution < -0.4 is 5.73 Å².